The van der Waals surface area contributed by atoms with Crippen LogP contribution in [0, 0.1) is 0 Å². The number of hydrogen-bond acceptors (Lipinski definition) is 3. The second-order valence-electron chi connectivity index (χ2n) is 5.01. The summed E-state index contributed by atoms with van der Waals surface area (Å²) >= 11 is 0. The maximum atomic E-state index is 12.1. The first-order valence-corrected chi connectivity index (χ1v) is 5.52. The lowest BCUT2D eigenvalue weighted by molar-refractivity contribution is -0.134. The first-order chi connectivity index (χ1) is 6.90. The van der Waals surface area contributed by atoms with E-state index >= 15 is 0 Å². The van der Waals surface area contributed by atoms with Crippen LogP contribution in [0.2, 0.25) is 0 Å². The van der Waals surface area contributed by atoms with Gasteiger partial charge in [0, 0.05) is 25.7 Å². The Balaban J connectivity index is 2.91. The average Bonchev–Trinajstić information content (AvgIpc) is 2.25. The lowest BCUT2D eigenvalue weighted by atomic mass is 9.98. The van der Waals surface area contributed by atoms with Crippen molar-refractivity contribution in [3.8, 4) is 0 Å². The number of carbonyl (C=O) groups excluding carboxylic acids is 1. The van der Waals surface area contributed by atoms with E-state index in [4.69, 9.17) is 0 Å². The molecule has 1 N–H and O–H groups in total. The van der Waals surface area contributed by atoms with Gasteiger partial charge < -0.3 is 10.2 Å². The van der Waals surface area contributed by atoms with Gasteiger partial charge >= 0.3 is 0 Å². The number of nitrogens with one attached hydrogen (secondary N) is 1. The molecule has 0 aliphatic carbocycles. The molecule has 0 bridgehead atoms. The predicted molar refractivity (Wildman–Crippen MR) is 61.8 cm³/mol. The van der Waals surface area contributed by atoms with Crippen LogP contribution in [-0.2, 0) is 4.79 Å². The Morgan fingerprint density at radius 2 is 2.07 bits per heavy atom. The Morgan fingerprint density at radius 3 is 2.60 bits per heavy atom. The second kappa shape index (κ2) is 4.49. The summed E-state index contributed by atoms with van der Waals surface area (Å²) in [5.41, 5.74) is 0.0853. The van der Waals surface area contributed by atoms with Crippen LogP contribution in [0.4, 0.5) is 0 Å². The van der Waals surface area contributed by atoms with Crippen molar-refractivity contribution < 1.29 is 4.79 Å². The molecular weight excluding hydrogens is 190 g/mol. The quantitative estimate of drug-likeness (QED) is 0.709. The summed E-state index contributed by atoms with van der Waals surface area (Å²) in [4.78, 5) is 16.1. The van der Waals surface area contributed by atoms with Crippen molar-refractivity contribution in [2.75, 3.05) is 34.2 Å². The molecule has 1 amide bonds. The van der Waals surface area contributed by atoms with Crippen LogP contribution < -0.4 is 5.32 Å². The maximum Gasteiger partial charge on any atom is 0.240 e. The third-order valence-electron chi connectivity index (χ3n) is 3.54. The van der Waals surface area contributed by atoms with E-state index in [9.17, 15) is 4.79 Å². The summed E-state index contributed by atoms with van der Waals surface area (Å²) in [6, 6.07) is -0.0440. The van der Waals surface area contributed by atoms with Crippen LogP contribution >= 0.6 is 0 Å². The molecule has 0 aromatic heterocycles. The zero-order chi connectivity index (χ0) is 11.6. The molecule has 0 aromatic rings. The van der Waals surface area contributed by atoms with Crippen molar-refractivity contribution in [2.45, 2.75) is 31.8 Å². The molecule has 1 unspecified atom stereocenters. The minimum atomic E-state index is -0.0440. The molecule has 1 atom stereocenters. The van der Waals surface area contributed by atoms with Gasteiger partial charge in [-0.25, -0.2) is 0 Å². The lowest BCUT2D eigenvalue weighted by Crippen LogP contribution is -2.53. The van der Waals surface area contributed by atoms with Gasteiger partial charge in [-0.1, -0.05) is 0 Å². The lowest BCUT2D eigenvalue weighted by Gasteiger charge is -2.37. The zero-order valence-corrected chi connectivity index (χ0v) is 10.5. The summed E-state index contributed by atoms with van der Waals surface area (Å²) in [5.74, 6) is 0.220. The normalized spacial score (nSPS) is 27.9. The fraction of sp³-hybridized carbons (Fsp3) is 0.909. The Morgan fingerprint density at radius 1 is 1.47 bits per heavy atom. The molecular formula is C11H23N3O. The van der Waals surface area contributed by atoms with Crippen LogP contribution in [0.25, 0.3) is 0 Å². The van der Waals surface area contributed by atoms with E-state index in [-0.39, 0.29) is 17.5 Å². The molecule has 1 fully saturated rings. The fourth-order valence-electron chi connectivity index (χ4n) is 1.99. The first kappa shape index (κ1) is 12.5. The van der Waals surface area contributed by atoms with Gasteiger partial charge in [0.1, 0.15) is 6.04 Å². The van der Waals surface area contributed by atoms with Gasteiger partial charge in [-0.05, 0) is 34.4 Å². The van der Waals surface area contributed by atoms with E-state index < -0.39 is 0 Å². The van der Waals surface area contributed by atoms with Gasteiger partial charge in [0.05, 0.1) is 0 Å². The Hall–Kier alpha value is -0.610. The van der Waals surface area contributed by atoms with Crippen LogP contribution in [0.3, 0.4) is 0 Å². The van der Waals surface area contributed by atoms with Crippen LogP contribution in [0.1, 0.15) is 20.3 Å². The third-order valence-corrected chi connectivity index (χ3v) is 3.54. The molecule has 0 radical (unpaired) electrons. The Kier molecular flexibility index (Phi) is 3.73. The van der Waals surface area contributed by atoms with Gasteiger partial charge in [-0.3, -0.25) is 9.69 Å². The molecule has 1 saturated heterocycles. The molecule has 0 spiro atoms. The average molecular weight is 213 g/mol. The van der Waals surface area contributed by atoms with Crippen molar-refractivity contribution in [3.63, 3.8) is 0 Å². The van der Waals surface area contributed by atoms with E-state index in [2.05, 4.69) is 24.1 Å². The summed E-state index contributed by atoms with van der Waals surface area (Å²) in [5, 5.41) is 3.10. The van der Waals surface area contributed by atoms with Crippen molar-refractivity contribution in [3.05, 3.63) is 0 Å². The minimum absolute atomic E-state index is 0.0440. The van der Waals surface area contributed by atoms with E-state index in [1.807, 2.05) is 26.0 Å². The van der Waals surface area contributed by atoms with Gasteiger partial charge in [-0.2, -0.15) is 0 Å². The highest BCUT2D eigenvalue weighted by Crippen LogP contribution is 2.24. The molecule has 1 rings (SSSR count). The molecule has 0 saturated carbocycles. The Bertz CT molecular complexity index is 240. The highest BCUT2D eigenvalue weighted by Gasteiger charge is 2.37. The summed E-state index contributed by atoms with van der Waals surface area (Å²) < 4.78 is 0. The smallest absolute Gasteiger partial charge is 0.240 e. The van der Waals surface area contributed by atoms with Crippen LogP contribution in [0.15, 0.2) is 0 Å². The SMILES string of the molecule is CNCC1C(=O)N(C)CCC(C)(C)N1C. The van der Waals surface area contributed by atoms with Gasteiger partial charge in [-0.15, -0.1) is 0 Å². The van der Waals surface area contributed by atoms with Gasteiger partial charge in [0.2, 0.25) is 5.91 Å². The fourth-order valence-corrected chi connectivity index (χ4v) is 1.99. The topological polar surface area (TPSA) is 35.6 Å². The third kappa shape index (κ3) is 2.49. The largest absolute Gasteiger partial charge is 0.344 e. The van der Waals surface area contributed by atoms with Crippen LogP contribution in [0.5, 0.6) is 0 Å². The number of likely N-dealkylation sites (N-methyl/N-ethyl adjacent to an activating group) is 3. The van der Waals surface area contributed by atoms with Crippen molar-refractivity contribution in [2.24, 2.45) is 0 Å². The zero-order valence-electron chi connectivity index (χ0n) is 10.5. The summed E-state index contributed by atoms with van der Waals surface area (Å²) in [7, 11) is 5.82. The molecule has 15 heavy (non-hydrogen) atoms. The van der Waals surface area contributed by atoms with Crippen LogP contribution in [-0.4, -0.2) is 61.5 Å². The molecule has 4 nitrogen and oxygen atoms in total. The monoisotopic (exact) mass is 213 g/mol. The number of amides is 1. The second-order valence-corrected chi connectivity index (χ2v) is 5.01. The minimum Gasteiger partial charge on any atom is -0.344 e. The number of hydrogen-bond donors (Lipinski definition) is 1. The molecule has 88 valence electrons. The molecule has 1 aliphatic heterocycles. The highest BCUT2D eigenvalue weighted by atomic mass is 16.2. The molecule has 0 aromatic carbocycles. The standard InChI is InChI=1S/C11H23N3O/c1-11(2)6-7-13(4)10(15)9(8-12-3)14(11)5/h9,12H,6-8H2,1-5H3. The molecule has 1 heterocycles. The van der Waals surface area contributed by atoms with E-state index in [1.54, 1.807) is 0 Å². The van der Waals surface area contributed by atoms with Crippen molar-refractivity contribution >= 4 is 5.91 Å². The van der Waals surface area contributed by atoms with E-state index in [0.717, 1.165) is 13.0 Å². The molecule has 1 aliphatic rings. The number of nitrogens with zero attached hydrogens (tertiary/aromatic N) is 2. The first-order valence-electron chi connectivity index (χ1n) is 5.52. The number of rotatable bonds is 2. The summed E-state index contributed by atoms with van der Waals surface area (Å²) in [6.45, 7) is 5.95. The highest BCUT2D eigenvalue weighted by molar-refractivity contribution is 5.82. The van der Waals surface area contributed by atoms with Gasteiger partial charge in [0.15, 0.2) is 0 Å². The Labute approximate surface area is 92.6 Å². The molecule has 4 heteroatoms. The van der Waals surface area contributed by atoms with Crippen molar-refractivity contribution in [1.82, 2.24) is 15.1 Å². The van der Waals surface area contributed by atoms with Gasteiger partial charge in [0.25, 0.3) is 0 Å². The number of carbonyl (C=O) groups is 1. The predicted octanol–water partition coefficient (Wildman–Crippen LogP) is 0.147. The maximum absolute atomic E-state index is 12.1. The van der Waals surface area contributed by atoms with E-state index in [1.165, 1.54) is 0 Å². The van der Waals surface area contributed by atoms with Crippen molar-refractivity contribution in [1.29, 1.82) is 0 Å². The summed E-state index contributed by atoms with van der Waals surface area (Å²) in [6.07, 6.45) is 1.02. The van der Waals surface area contributed by atoms with E-state index in [0.29, 0.717) is 6.54 Å².